The first kappa shape index (κ1) is 19.6. The van der Waals surface area contributed by atoms with Crippen LogP contribution < -0.4 is 15.4 Å². The number of hydrogen-bond acceptors (Lipinski definition) is 4. The van der Waals surface area contributed by atoms with Gasteiger partial charge in [0.2, 0.25) is 5.91 Å². The van der Waals surface area contributed by atoms with Crippen molar-refractivity contribution in [3.8, 4) is 11.5 Å². The number of carbonyl (C=O) groups is 2. The summed E-state index contributed by atoms with van der Waals surface area (Å²) in [5.41, 5.74) is 2.54. The smallest absolute Gasteiger partial charge is 0.252 e. The van der Waals surface area contributed by atoms with Crippen LogP contribution in [0.5, 0.6) is 11.5 Å². The number of aryl methyl sites for hydroxylation is 1. The number of nitrogens with one attached hydrogen (secondary N) is 2. The minimum absolute atomic E-state index is 0.0861. The van der Waals surface area contributed by atoms with E-state index in [4.69, 9.17) is 4.74 Å². The fourth-order valence-electron chi connectivity index (χ4n) is 2.52. The third-order valence-corrected chi connectivity index (χ3v) is 4.73. The molecular weight excluding hydrogens is 372 g/mol. The third-order valence-electron chi connectivity index (χ3n) is 4.04. The highest BCUT2D eigenvalue weighted by Gasteiger charge is 2.06. The molecule has 28 heavy (non-hydrogen) atoms. The molecule has 0 aliphatic carbocycles. The third kappa shape index (κ3) is 5.96. The van der Waals surface area contributed by atoms with Gasteiger partial charge in [-0.3, -0.25) is 9.59 Å². The van der Waals surface area contributed by atoms with Crippen LogP contribution in [0.2, 0.25) is 0 Å². The van der Waals surface area contributed by atoms with Crippen molar-refractivity contribution >= 4 is 28.8 Å². The summed E-state index contributed by atoms with van der Waals surface area (Å²) in [5, 5.41) is 9.32. The topological polar surface area (TPSA) is 67.4 Å². The first-order valence-corrected chi connectivity index (χ1v) is 9.99. The van der Waals surface area contributed by atoms with E-state index in [0.717, 1.165) is 5.75 Å². The van der Waals surface area contributed by atoms with Gasteiger partial charge in [-0.1, -0.05) is 17.7 Å². The van der Waals surface area contributed by atoms with Crippen molar-refractivity contribution in [2.24, 2.45) is 0 Å². The van der Waals surface area contributed by atoms with Crippen molar-refractivity contribution in [2.75, 3.05) is 11.9 Å². The van der Waals surface area contributed by atoms with Gasteiger partial charge in [0.05, 0.1) is 0 Å². The summed E-state index contributed by atoms with van der Waals surface area (Å²) in [6.07, 6.45) is 0.919. The van der Waals surface area contributed by atoms with Gasteiger partial charge in [0.1, 0.15) is 11.5 Å². The van der Waals surface area contributed by atoms with Crippen LogP contribution in [0.1, 0.15) is 28.8 Å². The molecule has 0 radical (unpaired) electrons. The Labute approximate surface area is 168 Å². The van der Waals surface area contributed by atoms with Crippen LogP contribution in [0.15, 0.2) is 65.4 Å². The lowest BCUT2D eigenvalue weighted by Crippen LogP contribution is -2.25. The highest BCUT2D eigenvalue weighted by Crippen LogP contribution is 2.23. The summed E-state index contributed by atoms with van der Waals surface area (Å²) < 4.78 is 5.77. The van der Waals surface area contributed by atoms with Crippen LogP contribution in [0.3, 0.4) is 0 Å². The molecule has 2 aromatic carbocycles. The highest BCUT2D eigenvalue weighted by molar-refractivity contribution is 7.08. The van der Waals surface area contributed by atoms with Crippen molar-refractivity contribution in [2.45, 2.75) is 19.8 Å². The minimum atomic E-state index is -0.106. The van der Waals surface area contributed by atoms with E-state index in [9.17, 15) is 9.59 Å². The van der Waals surface area contributed by atoms with E-state index < -0.39 is 0 Å². The zero-order chi connectivity index (χ0) is 19.8. The molecule has 0 bridgehead atoms. The van der Waals surface area contributed by atoms with Gasteiger partial charge in [0, 0.05) is 29.6 Å². The largest absolute Gasteiger partial charge is 0.457 e. The van der Waals surface area contributed by atoms with Crippen LogP contribution >= 0.6 is 11.3 Å². The lowest BCUT2D eigenvalue weighted by Gasteiger charge is -2.09. The summed E-state index contributed by atoms with van der Waals surface area (Å²) in [6.45, 7) is 2.49. The highest BCUT2D eigenvalue weighted by atomic mass is 32.1. The molecule has 0 unspecified atom stereocenters. The quantitative estimate of drug-likeness (QED) is 0.529. The summed E-state index contributed by atoms with van der Waals surface area (Å²) in [4.78, 5) is 23.8. The molecule has 3 rings (SSSR count). The number of amides is 2. The van der Waals surface area contributed by atoms with E-state index in [0.29, 0.717) is 36.4 Å². The Hall–Kier alpha value is -3.12. The molecule has 0 saturated heterocycles. The first-order chi connectivity index (χ1) is 13.6. The SMILES string of the molecule is Cc1ccc(Oc2ccc(NC(=O)CCCNC(=O)c3ccsc3)cc2)cc1. The van der Waals surface area contributed by atoms with Crippen LogP contribution in [-0.4, -0.2) is 18.4 Å². The Morgan fingerprint density at radius 2 is 1.64 bits per heavy atom. The molecule has 0 saturated carbocycles. The van der Waals surface area contributed by atoms with Gasteiger partial charge in [0.25, 0.3) is 5.91 Å². The molecule has 0 fully saturated rings. The monoisotopic (exact) mass is 394 g/mol. The van der Waals surface area contributed by atoms with E-state index >= 15 is 0 Å². The van der Waals surface area contributed by atoms with Crippen molar-refractivity contribution in [1.29, 1.82) is 0 Å². The number of thiophene rings is 1. The number of hydrogen-bond donors (Lipinski definition) is 2. The fourth-order valence-corrected chi connectivity index (χ4v) is 3.15. The van der Waals surface area contributed by atoms with Gasteiger partial charge in [-0.15, -0.1) is 0 Å². The van der Waals surface area contributed by atoms with Crippen LogP contribution in [-0.2, 0) is 4.79 Å². The second-order valence-corrected chi connectivity index (χ2v) is 7.14. The standard InChI is InChI=1S/C22H22N2O3S/c1-16-4-8-19(9-5-16)27-20-10-6-18(7-11-20)24-21(25)3-2-13-23-22(26)17-12-14-28-15-17/h4-12,14-15H,2-3,13H2,1H3,(H,23,26)(H,24,25). The lowest BCUT2D eigenvalue weighted by molar-refractivity contribution is -0.116. The molecule has 5 nitrogen and oxygen atoms in total. The molecule has 0 spiro atoms. The molecule has 0 aliphatic heterocycles. The molecule has 1 heterocycles. The van der Waals surface area contributed by atoms with Crippen LogP contribution in [0.25, 0.3) is 0 Å². The molecule has 3 aromatic rings. The Morgan fingerprint density at radius 1 is 0.964 bits per heavy atom. The van der Waals surface area contributed by atoms with Gasteiger partial charge in [-0.2, -0.15) is 11.3 Å². The number of anilines is 1. The predicted octanol–water partition coefficient (Wildman–Crippen LogP) is 5.00. The second kappa shape index (κ2) is 9.71. The van der Waals surface area contributed by atoms with E-state index in [2.05, 4.69) is 10.6 Å². The summed E-state index contributed by atoms with van der Waals surface area (Å²) in [5.74, 6) is 1.28. The normalized spacial score (nSPS) is 10.3. The van der Waals surface area contributed by atoms with Gasteiger partial charge in [-0.25, -0.2) is 0 Å². The summed E-state index contributed by atoms with van der Waals surface area (Å²) in [7, 11) is 0. The predicted molar refractivity (Wildman–Crippen MR) is 112 cm³/mol. The maximum Gasteiger partial charge on any atom is 0.252 e. The first-order valence-electron chi connectivity index (χ1n) is 9.05. The zero-order valence-electron chi connectivity index (χ0n) is 15.6. The average Bonchev–Trinajstić information content (AvgIpc) is 3.23. The van der Waals surface area contributed by atoms with Crippen molar-refractivity contribution in [1.82, 2.24) is 5.32 Å². The maximum absolute atomic E-state index is 12.0. The Bertz CT molecular complexity index is 904. The maximum atomic E-state index is 12.0. The Kier molecular flexibility index (Phi) is 6.81. The van der Waals surface area contributed by atoms with Crippen molar-refractivity contribution in [3.63, 3.8) is 0 Å². The minimum Gasteiger partial charge on any atom is -0.457 e. The van der Waals surface area contributed by atoms with Crippen LogP contribution in [0, 0.1) is 6.92 Å². The molecule has 2 N–H and O–H groups in total. The molecule has 0 aliphatic rings. The number of carbonyl (C=O) groups excluding carboxylic acids is 2. The number of benzene rings is 2. The molecule has 0 atom stereocenters. The van der Waals surface area contributed by atoms with Crippen molar-refractivity contribution < 1.29 is 14.3 Å². The number of rotatable bonds is 8. The van der Waals surface area contributed by atoms with Crippen molar-refractivity contribution in [3.05, 3.63) is 76.5 Å². The van der Waals surface area contributed by atoms with Gasteiger partial charge < -0.3 is 15.4 Å². The summed E-state index contributed by atoms with van der Waals surface area (Å²) >= 11 is 1.48. The number of ether oxygens (including phenoxy) is 1. The zero-order valence-corrected chi connectivity index (χ0v) is 16.4. The fraction of sp³-hybridized carbons (Fsp3) is 0.182. The lowest BCUT2D eigenvalue weighted by atomic mass is 10.2. The van der Waals surface area contributed by atoms with Gasteiger partial charge >= 0.3 is 0 Å². The molecule has 2 amide bonds. The van der Waals surface area contributed by atoms with Crippen LogP contribution in [0.4, 0.5) is 5.69 Å². The molecular formula is C22H22N2O3S. The Morgan fingerprint density at radius 3 is 2.29 bits per heavy atom. The van der Waals surface area contributed by atoms with Gasteiger partial charge in [0.15, 0.2) is 0 Å². The summed E-state index contributed by atoms with van der Waals surface area (Å²) in [6, 6.07) is 16.8. The van der Waals surface area contributed by atoms with E-state index in [1.807, 2.05) is 48.7 Å². The second-order valence-electron chi connectivity index (χ2n) is 6.36. The molecule has 6 heteroatoms. The average molecular weight is 394 g/mol. The Balaban J connectivity index is 1.39. The molecule has 1 aromatic heterocycles. The van der Waals surface area contributed by atoms with E-state index in [-0.39, 0.29) is 11.8 Å². The van der Waals surface area contributed by atoms with Gasteiger partial charge in [-0.05, 0) is 61.2 Å². The van der Waals surface area contributed by atoms with E-state index in [1.54, 1.807) is 23.6 Å². The van der Waals surface area contributed by atoms with E-state index in [1.165, 1.54) is 16.9 Å². The molecule has 144 valence electrons.